The van der Waals surface area contributed by atoms with Gasteiger partial charge in [0.25, 0.3) is 11.5 Å². The number of pyridine rings is 1. The minimum absolute atomic E-state index is 0.0703. The second-order valence-electron chi connectivity index (χ2n) is 8.53. The minimum atomic E-state index is -5.00. The zero-order chi connectivity index (χ0) is 26.7. The van der Waals surface area contributed by atoms with Crippen LogP contribution >= 0.6 is 11.5 Å². The van der Waals surface area contributed by atoms with E-state index in [-0.39, 0.29) is 41.5 Å². The van der Waals surface area contributed by atoms with Gasteiger partial charge in [0.15, 0.2) is 11.7 Å². The summed E-state index contributed by atoms with van der Waals surface area (Å²) in [5.41, 5.74) is 1.51. The number of halogens is 3. The lowest BCUT2D eigenvalue weighted by molar-refractivity contribution is -0.260. The number of benzene rings is 1. The number of alkyl halides is 3. The number of anilines is 2. The molecule has 2 unspecified atom stereocenters. The van der Waals surface area contributed by atoms with Crippen LogP contribution in [0.5, 0.6) is 0 Å². The molecule has 1 fully saturated rings. The molecule has 1 aliphatic heterocycles. The number of H-pyrrole nitrogens is 1. The third kappa shape index (κ3) is 4.09. The number of aliphatic hydroxyl groups excluding tert-OH is 1. The first kappa shape index (κ1) is 25.0. The molecule has 0 aliphatic carbocycles. The van der Waals surface area contributed by atoms with Crippen LogP contribution < -0.4 is 16.2 Å². The smallest absolute Gasteiger partial charge is 0.382 e. The summed E-state index contributed by atoms with van der Waals surface area (Å²) >= 11 is 1.02. The monoisotopic (exact) mass is 536 g/mol. The van der Waals surface area contributed by atoms with Gasteiger partial charge in [0.1, 0.15) is 23.6 Å². The van der Waals surface area contributed by atoms with Crippen LogP contribution in [0.4, 0.5) is 24.8 Å². The van der Waals surface area contributed by atoms with Gasteiger partial charge in [-0.15, -0.1) is 0 Å². The third-order valence-corrected chi connectivity index (χ3v) is 7.00. The summed E-state index contributed by atoms with van der Waals surface area (Å²) in [5.74, 6) is -0.960. The standard InChI is InChI=1S/C22H19F3N6O5S/c1-21(35,22(23,24)25)11-3-2-4-12(28-11)31-7-8-36-15(20(31)34)14(32)18-27-10-6-5-9-16(37-30-17(9)26)13(10)19(33)29-18/h2-6,14-15,32,35H,7-8H2,1H3,(H2,26,30)(H,27,29,33)/t14?,15-,21?/m1/s1. The molecule has 3 atom stereocenters. The number of nitrogens with zero attached hydrogens (tertiary/aromatic N) is 4. The summed E-state index contributed by atoms with van der Waals surface area (Å²) in [6.45, 7) is 0.398. The van der Waals surface area contributed by atoms with E-state index in [1.165, 1.54) is 18.2 Å². The van der Waals surface area contributed by atoms with Gasteiger partial charge >= 0.3 is 6.18 Å². The molecule has 0 saturated carbocycles. The zero-order valence-corrected chi connectivity index (χ0v) is 19.8. The zero-order valence-electron chi connectivity index (χ0n) is 19.0. The van der Waals surface area contributed by atoms with E-state index >= 15 is 0 Å². The van der Waals surface area contributed by atoms with Crippen LogP contribution in [0.25, 0.3) is 21.0 Å². The Morgan fingerprint density at radius 1 is 1.24 bits per heavy atom. The number of aromatic nitrogens is 4. The maximum Gasteiger partial charge on any atom is 0.422 e. The summed E-state index contributed by atoms with van der Waals surface area (Å²) < 4.78 is 49.9. The topological polar surface area (TPSA) is 168 Å². The average Bonchev–Trinajstić information content (AvgIpc) is 3.23. The third-order valence-electron chi connectivity index (χ3n) is 6.11. The maximum absolute atomic E-state index is 13.3. The number of rotatable bonds is 4. The quantitative estimate of drug-likeness (QED) is 0.304. The number of carbonyl (C=O) groups is 1. The first-order valence-electron chi connectivity index (χ1n) is 10.9. The number of aliphatic hydroxyl groups is 2. The summed E-state index contributed by atoms with van der Waals surface area (Å²) in [6.07, 6.45) is -8.25. The average molecular weight is 536 g/mol. The van der Waals surface area contributed by atoms with E-state index in [1.807, 2.05) is 0 Å². The molecule has 1 aromatic carbocycles. The van der Waals surface area contributed by atoms with Gasteiger partial charge in [0.2, 0.25) is 0 Å². The van der Waals surface area contributed by atoms with Crippen molar-refractivity contribution in [1.82, 2.24) is 19.3 Å². The number of aromatic amines is 1. The van der Waals surface area contributed by atoms with Crippen LogP contribution in [0, 0.1) is 0 Å². The maximum atomic E-state index is 13.3. The molecule has 37 heavy (non-hydrogen) atoms. The summed E-state index contributed by atoms with van der Waals surface area (Å²) in [6, 6.07) is 6.68. The Kier molecular flexibility index (Phi) is 5.90. The highest BCUT2D eigenvalue weighted by Gasteiger charge is 2.52. The predicted molar refractivity (Wildman–Crippen MR) is 127 cm³/mol. The number of ether oxygens (including phenoxy) is 1. The molecule has 11 nitrogen and oxygen atoms in total. The van der Waals surface area contributed by atoms with E-state index in [0.29, 0.717) is 17.0 Å². The highest BCUT2D eigenvalue weighted by atomic mass is 32.1. The Balaban J connectivity index is 1.47. The highest BCUT2D eigenvalue weighted by Crippen LogP contribution is 2.38. The van der Waals surface area contributed by atoms with Crippen molar-refractivity contribution < 1.29 is 32.9 Å². The first-order valence-corrected chi connectivity index (χ1v) is 11.6. The molecular weight excluding hydrogens is 517 g/mol. The molecule has 5 rings (SSSR count). The number of nitrogens with one attached hydrogen (secondary N) is 1. The van der Waals surface area contributed by atoms with Crippen LogP contribution in [0.3, 0.4) is 0 Å². The number of hydrogen-bond donors (Lipinski definition) is 4. The Morgan fingerprint density at radius 3 is 2.73 bits per heavy atom. The number of nitrogen functional groups attached to an aromatic ring is 1. The molecule has 1 amide bonds. The number of nitrogens with two attached hydrogens (primary N) is 1. The van der Waals surface area contributed by atoms with E-state index in [4.69, 9.17) is 10.5 Å². The van der Waals surface area contributed by atoms with Crippen molar-refractivity contribution in [2.75, 3.05) is 23.8 Å². The normalized spacial score (nSPS) is 19.4. The molecule has 4 heterocycles. The molecule has 194 valence electrons. The second kappa shape index (κ2) is 8.72. The van der Waals surface area contributed by atoms with E-state index < -0.39 is 41.1 Å². The highest BCUT2D eigenvalue weighted by molar-refractivity contribution is 7.14. The van der Waals surface area contributed by atoms with Gasteiger partial charge in [-0.1, -0.05) is 6.07 Å². The summed E-state index contributed by atoms with van der Waals surface area (Å²) in [4.78, 5) is 37.7. The lowest BCUT2D eigenvalue weighted by Gasteiger charge is -2.34. The Hall–Kier alpha value is -3.66. The summed E-state index contributed by atoms with van der Waals surface area (Å²) in [5, 5.41) is 21.7. The van der Waals surface area contributed by atoms with Crippen LogP contribution in [0.1, 0.15) is 24.5 Å². The fourth-order valence-corrected chi connectivity index (χ4v) is 4.84. The number of morpholine rings is 1. The molecule has 1 saturated heterocycles. The lowest BCUT2D eigenvalue weighted by Crippen LogP contribution is -2.51. The van der Waals surface area contributed by atoms with Gasteiger partial charge in [-0.2, -0.15) is 17.5 Å². The van der Waals surface area contributed by atoms with Crippen molar-refractivity contribution in [1.29, 1.82) is 0 Å². The number of amides is 1. The van der Waals surface area contributed by atoms with Crippen LogP contribution in [-0.2, 0) is 15.1 Å². The van der Waals surface area contributed by atoms with Crippen molar-refractivity contribution in [3.63, 3.8) is 0 Å². The Bertz CT molecular complexity index is 1590. The number of carbonyl (C=O) groups excluding carboxylic acids is 1. The van der Waals surface area contributed by atoms with Crippen molar-refractivity contribution in [2.45, 2.75) is 30.9 Å². The van der Waals surface area contributed by atoms with Crippen molar-refractivity contribution in [3.05, 3.63) is 52.2 Å². The van der Waals surface area contributed by atoms with Crippen molar-refractivity contribution in [3.8, 4) is 0 Å². The first-order chi connectivity index (χ1) is 17.4. The molecule has 0 spiro atoms. The van der Waals surface area contributed by atoms with Crippen LogP contribution in [0.15, 0.2) is 35.1 Å². The van der Waals surface area contributed by atoms with Crippen LogP contribution in [0.2, 0.25) is 0 Å². The molecule has 1 aliphatic rings. The molecule has 15 heteroatoms. The van der Waals surface area contributed by atoms with Gasteiger partial charge < -0.3 is 25.7 Å². The molecule has 3 aromatic heterocycles. The van der Waals surface area contributed by atoms with E-state index in [1.54, 1.807) is 6.07 Å². The molecular formula is C22H19F3N6O5S. The van der Waals surface area contributed by atoms with Gasteiger partial charge in [-0.05, 0) is 42.7 Å². The van der Waals surface area contributed by atoms with Crippen LogP contribution in [-0.4, -0.2) is 60.9 Å². The lowest BCUT2D eigenvalue weighted by atomic mass is 10.0. The fraction of sp³-hybridized carbons (Fsp3) is 0.318. The largest absolute Gasteiger partial charge is 0.422 e. The van der Waals surface area contributed by atoms with Gasteiger partial charge in [-0.25, -0.2) is 9.97 Å². The van der Waals surface area contributed by atoms with Crippen molar-refractivity contribution >= 4 is 50.1 Å². The molecule has 4 aromatic rings. The number of hydrogen-bond acceptors (Lipinski definition) is 10. The Labute approximate surface area is 209 Å². The second-order valence-corrected chi connectivity index (χ2v) is 9.31. The van der Waals surface area contributed by atoms with Gasteiger partial charge in [-0.3, -0.25) is 14.5 Å². The molecule has 0 radical (unpaired) electrons. The fourth-order valence-electron chi connectivity index (χ4n) is 4.00. The van der Waals surface area contributed by atoms with E-state index in [9.17, 15) is 33.0 Å². The number of fused-ring (bicyclic) bond motifs is 3. The summed E-state index contributed by atoms with van der Waals surface area (Å²) in [7, 11) is 0. The molecule has 0 bridgehead atoms. The molecule has 5 N–H and O–H groups in total. The van der Waals surface area contributed by atoms with Gasteiger partial charge in [0.05, 0.1) is 34.4 Å². The Morgan fingerprint density at radius 2 is 2.00 bits per heavy atom. The minimum Gasteiger partial charge on any atom is -0.382 e. The predicted octanol–water partition coefficient (Wildman–Crippen LogP) is 1.75. The van der Waals surface area contributed by atoms with E-state index in [0.717, 1.165) is 22.5 Å². The SMILES string of the molecule is CC(O)(c1cccc(N2CCO[C@H](C(O)c3nc4ccc5c(N)nsc5c4c(=O)[nH]3)C2=O)n1)C(F)(F)F. The van der Waals surface area contributed by atoms with E-state index in [2.05, 4.69) is 19.3 Å². The van der Waals surface area contributed by atoms with Gasteiger partial charge in [0, 0.05) is 5.39 Å². The van der Waals surface area contributed by atoms with Crippen molar-refractivity contribution in [2.24, 2.45) is 0 Å².